The van der Waals surface area contributed by atoms with Gasteiger partial charge in [-0.05, 0) is 36.8 Å². The molecule has 0 saturated carbocycles. The number of allylic oxidation sites excluding steroid dienone is 1. The number of ether oxygens (including phenoxy) is 3. The molecule has 28 heavy (non-hydrogen) atoms. The molecule has 0 aliphatic heterocycles. The average Bonchev–Trinajstić information content (AvgIpc) is 2.66. The first-order chi connectivity index (χ1) is 13.3. The molecule has 0 atom stereocenters. The smallest absolute Gasteiger partial charge is 0.241 e. The number of nitrogens with two attached hydrogens (primary N) is 1. The van der Waals surface area contributed by atoms with Gasteiger partial charge in [0.1, 0.15) is 17.3 Å². The maximum atomic E-state index is 11.7. The van der Waals surface area contributed by atoms with E-state index in [0.717, 1.165) is 11.3 Å². The lowest BCUT2D eigenvalue weighted by atomic mass is 10.1. The molecule has 2 aromatic rings. The lowest BCUT2D eigenvalue weighted by Crippen LogP contribution is -2.21. The summed E-state index contributed by atoms with van der Waals surface area (Å²) in [6, 6.07) is 12.3. The van der Waals surface area contributed by atoms with E-state index in [0.29, 0.717) is 37.7 Å². The summed E-state index contributed by atoms with van der Waals surface area (Å²) in [7, 11) is -2.47. The molecule has 7 nitrogen and oxygen atoms in total. The van der Waals surface area contributed by atoms with E-state index in [1.54, 1.807) is 12.1 Å². The minimum atomic E-state index is -3.87. The predicted octanol–water partition coefficient (Wildman–Crippen LogP) is 2.47. The molecule has 2 rings (SSSR count). The van der Waals surface area contributed by atoms with Crippen LogP contribution in [0.3, 0.4) is 0 Å². The number of hydrogen-bond acceptors (Lipinski definition) is 6. The van der Waals surface area contributed by atoms with Crippen LogP contribution >= 0.6 is 0 Å². The van der Waals surface area contributed by atoms with E-state index in [2.05, 4.69) is 11.9 Å². The topological polar surface area (TPSA) is 99.9 Å². The molecule has 0 unspecified atom stereocenters. The number of rotatable bonds is 11. The molecular formula is C20H26N2O5S. The highest BCUT2D eigenvalue weighted by Crippen LogP contribution is 2.26. The van der Waals surface area contributed by atoms with Gasteiger partial charge in [-0.15, -0.1) is 0 Å². The molecule has 152 valence electrons. The zero-order valence-electron chi connectivity index (χ0n) is 16.1. The van der Waals surface area contributed by atoms with Gasteiger partial charge in [-0.25, -0.2) is 13.6 Å². The summed E-state index contributed by atoms with van der Waals surface area (Å²) in [6.45, 7) is 7.42. The maximum Gasteiger partial charge on any atom is 0.241 e. The Morgan fingerprint density at radius 2 is 1.79 bits per heavy atom. The van der Waals surface area contributed by atoms with Crippen LogP contribution in [0.2, 0.25) is 0 Å². The second kappa shape index (κ2) is 10.0. The van der Waals surface area contributed by atoms with E-state index >= 15 is 0 Å². The second-order valence-corrected chi connectivity index (χ2v) is 7.50. The molecule has 0 bridgehead atoms. The molecule has 0 aliphatic carbocycles. The van der Waals surface area contributed by atoms with Gasteiger partial charge in [0.25, 0.3) is 0 Å². The number of para-hydroxylation sites is 2. The Hall–Kier alpha value is -2.71. The van der Waals surface area contributed by atoms with Crippen molar-refractivity contribution in [1.29, 1.82) is 0 Å². The Morgan fingerprint density at radius 3 is 2.39 bits per heavy atom. The van der Waals surface area contributed by atoms with Crippen LogP contribution in [0.15, 0.2) is 59.6 Å². The van der Waals surface area contributed by atoms with Crippen LogP contribution in [-0.2, 0) is 16.4 Å². The predicted molar refractivity (Wildman–Crippen MR) is 108 cm³/mol. The number of methoxy groups -OCH3 is 1. The average molecular weight is 407 g/mol. The lowest BCUT2D eigenvalue weighted by molar-refractivity contribution is 0.278. The van der Waals surface area contributed by atoms with Crippen LogP contribution < -0.4 is 24.7 Å². The van der Waals surface area contributed by atoms with Gasteiger partial charge in [-0.2, -0.15) is 0 Å². The Labute approximate surface area is 166 Å². The molecule has 0 aromatic heterocycles. The van der Waals surface area contributed by atoms with Crippen molar-refractivity contribution in [1.82, 2.24) is 5.32 Å². The summed E-state index contributed by atoms with van der Waals surface area (Å²) in [5.41, 5.74) is 1.48. The number of benzene rings is 2. The van der Waals surface area contributed by atoms with Gasteiger partial charge in [0.2, 0.25) is 10.0 Å². The minimum absolute atomic E-state index is 0.0452. The summed E-state index contributed by atoms with van der Waals surface area (Å²) in [6.07, 6.45) is 0.446. The first-order valence-electron chi connectivity index (χ1n) is 8.81. The quantitative estimate of drug-likeness (QED) is 0.556. The summed E-state index contributed by atoms with van der Waals surface area (Å²) in [5.74, 6) is 1.61. The highest BCUT2D eigenvalue weighted by molar-refractivity contribution is 7.89. The number of hydrogen-bond donors (Lipinski definition) is 2. The summed E-state index contributed by atoms with van der Waals surface area (Å²) in [5, 5.41) is 8.41. The molecule has 8 heteroatoms. The summed E-state index contributed by atoms with van der Waals surface area (Å²) < 4.78 is 39.7. The Kier molecular flexibility index (Phi) is 7.71. The third-order valence-corrected chi connectivity index (χ3v) is 4.77. The molecule has 0 spiro atoms. The molecular weight excluding hydrogens is 380 g/mol. The van der Waals surface area contributed by atoms with E-state index in [4.69, 9.17) is 19.3 Å². The van der Waals surface area contributed by atoms with Crippen molar-refractivity contribution < 1.29 is 22.6 Å². The van der Waals surface area contributed by atoms with Crippen molar-refractivity contribution in [3.63, 3.8) is 0 Å². The SMILES string of the molecule is C=C(Cc1ccc(OC)c(S(N)(=O)=O)c1)NCCOc1ccccc1OCC. The molecule has 0 saturated heterocycles. The highest BCUT2D eigenvalue weighted by Gasteiger charge is 2.15. The molecule has 0 radical (unpaired) electrons. The molecule has 2 aromatic carbocycles. The maximum absolute atomic E-state index is 11.7. The zero-order valence-corrected chi connectivity index (χ0v) is 16.9. The molecule has 0 amide bonds. The Bertz CT molecular complexity index is 913. The summed E-state index contributed by atoms with van der Waals surface area (Å²) >= 11 is 0. The highest BCUT2D eigenvalue weighted by atomic mass is 32.2. The van der Waals surface area contributed by atoms with E-state index in [9.17, 15) is 8.42 Å². The van der Waals surface area contributed by atoms with Crippen molar-refractivity contribution in [3.8, 4) is 17.2 Å². The van der Waals surface area contributed by atoms with Crippen LogP contribution in [0.4, 0.5) is 0 Å². The van der Waals surface area contributed by atoms with Crippen molar-refractivity contribution >= 4 is 10.0 Å². The second-order valence-electron chi connectivity index (χ2n) is 5.97. The first kappa shape index (κ1) is 21.6. The fourth-order valence-electron chi connectivity index (χ4n) is 2.60. The van der Waals surface area contributed by atoms with Crippen LogP contribution in [0, 0.1) is 0 Å². The van der Waals surface area contributed by atoms with Crippen LogP contribution in [0.25, 0.3) is 0 Å². The molecule has 0 aliphatic rings. The number of primary sulfonamides is 1. The zero-order chi connectivity index (χ0) is 20.6. The molecule has 0 heterocycles. The van der Waals surface area contributed by atoms with Gasteiger partial charge in [0.05, 0.1) is 13.7 Å². The fourth-order valence-corrected chi connectivity index (χ4v) is 3.34. The Balaban J connectivity index is 1.88. The van der Waals surface area contributed by atoms with E-state index in [-0.39, 0.29) is 10.6 Å². The van der Waals surface area contributed by atoms with Crippen LogP contribution in [0.5, 0.6) is 17.2 Å². The number of nitrogens with one attached hydrogen (secondary N) is 1. The van der Waals surface area contributed by atoms with E-state index in [1.807, 2.05) is 31.2 Å². The van der Waals surface area contributed by atoms with E-state index < -0.39 is 10.0 Å². The fraction of sp³-hybridized carbons (Fsp3) is 0.300. The monoisotopic (exact) mass is 406 g/mol. The number of sulfonamides is 1. The van der Waals surface area contributed by atoms with Gasteiger partial charge in [0, 0.05) is 18.7 Å². The summed E-state index contributed by atoms with van der Waals surface area (Å²) in [4.78, 5) is -0.0452. The van der Waals surface area contributed by atoms with Gasteiger partial charge in [0.15, 0.2) is 11.5 Å². The minimum Gasteiger partial charge on any atom is -0.495 e. The van der Waals surface area contributed by atoms with Gasteiger partial charge in [-0.1, -0.05) is 24.8 Å². The van der Waals surface area contributed by atoms with Crippen LogP contribution in [0.1, 0.15) is 12.5 Å². The third kappa shape index (κ3) is 6.17. The van der Waals surface area contributed by atoms with Crippen molar-refractivity contribution in [3.05, 3.63) is 60.3 Å². The van der Waals surface area contributed by atoms with Crippen molar-refractivity contribution in [2.75, 3.05) is 26.9 Å². The first-order valence-corrected chi connectivity index (χ1v) is 10.4. The van der Waals surface area contributed by atoms with Crippen molar-refractivity contribution in [2.24, 2.45) is 5.14 Å². The molecule has 3 N–H and O–H groups in total. The molecule has 0 fully saturated rings. The Morgan fingerprint density at radius 1 is 1.11 bits per heavy atom. The van der Waals surface area contributed by atoms with Gasteiger partial charge < -0.3 is 19.5 Å². The third-order valence-electron chi connectivity index (χ3n) is 3.84. The largest absolute Gasteiger partial charge is 0.495 e. The van der Waals surface area contributed by atoms with Crippen molar-refractivity contribution in [2.45, 2.75) is 18.2 Å². The van der Waals surface area contributed by atoms with Gasteiger partial charge in [-0.3, -0.25) is 0 Å². The van der Waals surface area contributed by atoms with Crippen LogP contribution in [-0.4, -0.2) is 35.3 Å². The lowest BCUT2D eigenvalue weighted by Gasteiger charge is -2.14. The standard InChI is InChI=1S/C20H26N2O5S/c1-4-26-17-7-5-6-8-18(17)27-12-11-22-15(2)13-16-9-10-19(25-3)20(14-16)28(21,23)24/h5-10,14,22H,2,4,11-13H2,1,3H3,(H2,21,23,24). The normalized spacial score (nSPS) is 11.0. The van der Waals surface area contributed by atoms with E-state index in [1.165, 1.54) is 13.2 Å². The van der Waals surface area contributed by atoms with Gasteiger partial charge >= 0.3 is 0 Å².